The van der Waals surface area contributed by atoms with Crippen molar-refractivity contribution in [2.45, 2.75) is 19.4 Å². The van der Waals surface area contributed by atoms with E-state index in [4.69, 9.17) is 17.3 Å². The molecule has 84 valence electrons. The van der Waals surface area contributed by atoms with Gasteiger partial charge in [0.2, 0.25) is 0 Å². The zero-order chi connectivity index (χ0) is 11.1. The summed E-state index contributed by atoms with van der Waals surface area (Å²) < 4.78 is 2.38. The first-order valence-electron chi connectivity index (χ1n) is 5.75. The molecule has 0 amide bonds. The Kier molecular flexibility index (Phi) is 2.41. The van der Waals surface area contributed by atoms with Crippen LogP contribution in [-0.2, 0) is 13.0 Å². The fourth-order valence-electron chi connectivity index (χ4n) is 2.63. The van der Waals surface area contributed by atoms with E-state index in [-0.39, 0.29) is 0 Å². The number of halogens is 1. The Morgan fingerprint density at radius 3 is 3.06 bits per heavy atom. The van der Waals surface area contributed by atoms with Crippen molar-refractivity contribution in [2.75, 3.05) is 6.54 Å². The molecule has 1 aromatic carbocycles. The Morgan fingerprint density at radius 1 is 1.38 bits per heavy atom. The standard InChI is InChI=1S/C13H15ClN2/c14-11-2-1-10-6-12-5-9(8-15)3-4-16(12)13(10)7-11/h1-2,6-7,9H,3-5,8,15H2. The first kappa shape index (κ1) is 10.2. The SMILES string of the molecule is NCC1CCn2c(cc3ccc(Cl)cc32)C1. The molecule has 1 aromatic heterocycles. The van der Waals surface area contributed by atoms with Gasteiger partial charge in [-0.3, -0.25) is 0 Å². The van der Waals surface area contributed by atoms with Gasteiger partial charge in [-0.2, -0.15) is 0 Å². The fourth-order valence-corrected chi connectivity index (χ4v) is 2.79. The molecule has 16 heavy (non-hydrogen) atoms. The highest BCUT2D eigenvalue weighted by Crippen LogP contribution is 2.29. The van der Waals surface area contributed by atoms with Crippen molar-refractivity contribution < 1.29 is 0 Å². The Labute approximate surface area is 100.0 Å². The lowest BCUT2D eigenvalue weighted by Crippen LogP contribution is -2.24. The number of rotatable bonds is 1. The molecule has 2 N–H and O–H groups in total. The van der Waals surface area contributed by atoms with Crippen LogP contribution in [0.2, 0.25) is 5.02 Å². The van der Waals surface area contributed by atoms with Gasteiger partial charge in [0.25, 0.3) is 0 Å². The van der Waals surface area contributed by atoms with Crippen molar-refractivity contribution in [2.24, 2.45) is 11.7 Å². The Balaban J connectivity index is 2.13. The van der Waals surface area contributed by atoms with E-state index in [0.717, 1.165) is 24.5 Å². The van der Waals surface area contributed by atoms with Crippen LogP contribution in [0.4, 0.5) is 0 Å². The average molecular weight is 235 g/mol. The van der Waals surface area contributed by atoms with E-state index in [1.807, 2.05) is 6.07 Å². The van der Waals surface area contributed by atoms with E-state index in [2.05, 4.69) is 22.8 Å². The summed E-state index contributed by atoms with van der Waals surface area (Å²) in [6.07, 6.45) is 2.28. The third kappa shape index (κ3) is 1.53. The first-order valence-corrected chi connectivity index (χ1v) is 6.13. The molecule has 0 bridgehead atoms. The molecule has 0 saturated heterocycles. The molecule has 1 atom stereocenters. The zero-order valence-corrected chi connectivity index (χ0v) is 9.87. The molecule has 2 aromatic rings. The molecule has 2 heterocycles. The number of hydrogen-bond acceptors (Lipinski definition) is 1. The van der Waals surface area contributed by atoms with Crippen LogP contribution in [0.15, 0.2) is 24.3 Å². The number of hydrogen-bond donors (Lipinski definition) is 1. The van der Waals surface area contributed by atoms with Crippen LogP contribution in [0.25, 0.3) is 10.9 Å². The van der Waals surface area contributed by atoms with Gasteiger partial charge in [-0.05, 0) is 48.9 Å². The Hall–Kier alpha value is -0.990. The Bertz CT molecular complexity index is 530. The largest absolute Gasteiger partial charge is 0.345 e. The van der Waals surface area contributed by atoms with Crippen molar-refractivity contribution in [3.8, 4) is 0 Å². The summed E-state index contributed by atoms with van der Waals surface area (Å²) in [5, 5.41) is 2.10. The normalized spacial score (nSPS) is 20.0. The van der Waals surface area contributed by atoms with Crippen LogP contribution in [0.3, 0.4) is 0 Å². The number of nitrogens with zero attached hydrogens (tertiary/aromatic N) is 1. The molecule has 0 saturated carbocycles. The lowest BCUT2D eigenvalue weighted by molar-refractivity contribution is 0.402. The fraction of sp³-hybridized carbons (Fsp3) is 0.385. The van der Waals surface area contributed by atoms with Crippen LogP contribution in [0, 0.1) is 5.92 Å². The maximum atomic E-state index is 6.04. The van der Waals surface area contributed by atoms with E-state index >= 15 is 0 Å². The molecule has 0 fully saturated rings. The van der Waals surface area contributed by atoms with E-state index in [1.165, 1.54) is 23.0 Å². The van der Waals surface area contributed by atoms with E-state index in [0.29, 0.717) is 5.92 Å². The van der Waals surface area contributed by atoms with Gasteiger partial charge < -0.3 is 10.3 Å². The van der Waals surface area contributed by atoms with Crippen LogP contribution in [0.1, 0.15) is 12.1 Å². The summed E-state index contributed by atoms with van der Waals surface area (Å²) in [5.74, 6) is 0.646. The molecule has 1 aliphatic heterocycles. The van der Waals surface area contributed by atoms with Gasteiger partial charge in [0.15, 0.2) is 0 Å². The Morgan fingerprint density at radius 2 is 2.25 bits per heavy atom. The predicted octanol–water partition coefficient (Wildman–Crippen LogP) is 2.82. The molecule has 1 aliphatic rings. The summed E-state index contributed by atoms with van der Waals surface area (Å²) in [4.78, 5) is 0. The average Bonchev–Trinajstić information content (AvgIpc) is 2.66. The summed E-state index contributed by atoms with van der Waals surface area (Å²) >= 11 is 6.04. The smallest absolute Gasteiger partial charge is 0.0497 e. The first-order chi connectivity index (χ1) is 7.78. The number of aryl methyl sites for hydroxylation is 1. The lowest BCUT2D eigenvalue weighted by Gasteiger charge is -2.23. The number of aromatic nitrogens is 1. The van der Waals surface area contributed by atoms with Crippen LogP contribution < -0.4 is 5.73 Å². The van der Waals surface area contributed by atoms with Gasteiger partial charge in [0, 0.05) is 22.8 Å². The minimum atomic E-state index is 0.646. The molecular weight excluding hydrogens is 220 g/mol. The van der Waals surface area contributed by atoms with Crippen molar-refractivity contribution in [3.63, 3.8) is 0 Å². The summed E-state index contributed by atoms with van der Waals surface area (Å²) in [5.41, 5.74) is 8.41. The second kappa shape index (κ2) is 3.79. The van der Waals surface area contributed by atoms with Crippen LogP contribution in [0.5, 0.6) is 0 Å². The number of nitrogens with two attached hydrogens (primary N) is 1. The van der Waals surface area contributed by atoms with Crippen molar-refractivity contribution >= 4 is 22.5 Å². The van der Waals surface area contributed by atoms with Crippen molar-refractivity contribution in [3.05, 3.63) is 35.0 Å². The third-order valence-corrected chi connectivity index (χ3v) is 3.78. The maximum absolute atomic E-state index is 6.04. The molecule has 0 spiro atoms. The number of benzene rings is 1. The highest BCUT2D eigenvalue weighted by molar-refractivity contribution is 6.31. The molecule has 0 radical (unpaired) electrons. The molecule has 0 aliphatic carbocycles. The lowest BCUT2D eigenvalue weighted by atomic mass is 9.96. The summed E-state index contributed by atoms with van der Waals surface area (Å²) in [6, 6.07) is 8.38. The van der Waals surface area contributed by atoms with Gasteiger partial charge in [-0.25, -0.2) is 0 Å². The maximum Gasteiger partial charge on any atom is 0.0497 e. The second-order valence-corrected chi connectivity index (χ2v) is 5.02. The molecular formula is C13H15ClN2. The monoisotopic (exact) mass is 234 g/mol. The summed E-state index contributed by atoms with van der Waals surface area (Å²) in [7, 11) is 0. The van der Waals surface area contributed by atoms with E-state index < -0.39 is 0 Å². The topological polar surface area (TPSA) is 30.9 Å². The van der Waals surface area contributed by atoms with Crippen molar-refractivity contribution in [1.29, 1.82) is 0 Å². The van der Waals surface area contributed by atoms with Gasteiger partial charge in [-0.15, -0.1) is 0 Å². The number of fused-ring (bicyclic) bond motifs is 3. The zero-order valence-electron chi connectivity index (χ0n) is 9.12. The second-order valence-electron chi connectivity index (χ2n) is 4.58. The molecule has 2 nitrogen and oxygen atoms in total. The quantitative estimate of drug-likeness (QED) is 0.808. The van der Waals surface area contributed by atoms with Gasteiger partial charge >= 0.3 is 0 Å². The van der Waals surface area contributed by atoms with Crippen LogP contribution in [-0.4, -0.2) is 11.1 Å². The van der Waals surface area contributed by atoms with Crippen molar-refractivity contribution in [1.82, 2.24) is 4.57 Å². The van der Waals surface area contributed by atoms with E-state index in [1.54, 1.807) is 0 Å². The molecule has 3 heteroatoms. The van der Waals surface area contributed by atoms with Gasteiger partial charge in [-0.1, -0.05) is 17.7 Å². The highest BCUT2D eigenvalue weighted by atomic mass is 35.5. The highest BCUT2D eigenvalue weighted by Gasteiger charge is 2.19. The minimum absolute atomic E-state index is 0.646. The molecule has 1 unspecified atom stereocenters. The van der Waals surface area contributed by atoms with Gasteiger partial charge in [0.05, 0.1) is 0 Å². The van der Waals surface area contributed by atoms with E-state index in [9.17, 15) is 0 Å². The third-order valence-electron chi connectivity index (χ3n) is 3.54. The van der Waals surface area contributed by atoms with Crippen LogP contribution >= 0.6 is 11.6 Å². The van der Waals surface area contributed by atoms with Gasteiger partial charge in [0.1, 0.15) is 0 Å². The summed E-state index contributed by atoms with van der Waals surface area (Å²) in [6.45, 7) is 1.86. The minimum Gasteiger partial charge on any atom is -0.345 e. The predicted molar refractivity (Wildman–Crippen MR) is 67.8 cm³/mol. The molecule has 3 rings (SSSR count).